The third-order valence-corrected chi connectivity index (χ3v) is 6.92. The van der Waals surface area contributed by atoms with Crippen molar-refractivity contribution in [3.05, 3.63) is 53.6 Å². The van der Waals surface area contributed by atoms with Gasteiger partial charge < -0.3 is 9.47 Å². The highest BCUT2D eigenvalue weighted by atomic mass is 32.2. The number of ether oxygens (including phenoxy) is 2. The van der Waals surface area contributed by atoms with Crippen molar-refractivity contribution in [3.63, 3.8) is 0 Å². The normalized spacial score (nSPS) is 20.0. The van der Waals surface area contributed by atoms with E-state index in [9.17, 15) is 13.7 Å². The van der Waals surface area contributed by atoms with Gasteiger partial charge in [-0.2, -0.15) is 9.57 Å². The lowest BCUT2D eigenvalue weighted by Crippen LogP contribution is -2.31. The van der Waals surface area contributed by atoms with Gasteiger partial charge in [0.15, 0.2) is 11.5 Å². The first-order chi connectivity index (χ1) is 13.1. The number of fused-ring (bicyclic) bond motifs is 1. The Balaban J connectivity index is 1.71. The molecule has 0 bridgehead atoms. The Morgan fingerprint density at radius 1 is 1.04 bits per heavy atom. The summed E-state index contributed by atoms with van der Waals surface area (Å²) < 4.78 is 39.4. The van der Waals surface area contributed by atoms with Crippen LogP contribution in [0.4, 0.5) is 0 Å². The van der Waals surface area contributed by atoms with E-state index in [1.165, 1.54) is 16.4 Å². The summed E-state index contributed by atoms with van der Waals surface area (Å²) in [5.74, 6) is 1.35. The lowest BCUT2D eigenvalue weighted by molar-refractivity contribution is 0.296. The molecule has 0 radical (unpaired) electrons. The van der Waals surface area contributed by atoms with Crippen molar-refractivity contribution >= 4 is 10.0 Å². The van der Waals surface area contributed by atoms with E-state index >= 15 is 0 Å². The molecule has 0 N–H and O–H groups in total. The summed E-state index contributed by atoms with van der Waals surface area (Å²) >= 11 is 0. The Hall–Kier alpha value is -2.56. The van der Waals surface area contributed by atoms with Crippen LogP contribution in [0.15, 0.2) is 47.4 Å². The summed E-state index contributed by atoms with van der Waals surface area (Å²) in [7, 11) is -3.77. The van der Waals surface area contributed by atoms with Crippen molar-refractivity contribution in [1.82, 2.24) is 4.31 Å². The Bertz CT molecular complexity index is 997. The van der Waals surface area contributed by atoms with Crippen LogP contribution in [0.5, 0.6) is 11.5 Å². The molecule has 2 heterocycles. The molecule has 2 aromatic rings. The fourth-order valence-electron chi connectivity index (χ4n) is 3.66. The van der Waals surface area contributed by atoms with Crippen LogP contribution in [0.3, 0.4) is 0 Å². The fourth-order valence-corrected chi connectivity index (χ4v) is 5.48. The second-order valence-corrected chi connectivity index (χ2v) is 8.50. The SMILES string of the molecule is N#Cc1ccccc1S(=O)(=O)N1CCC[C@H]1c1ccc2c(c1)OCCCO2. The second-order valence-electron chi connectivity index (χ2n) is 6.64. The van der Waals surface area contributed by atoms with Crippen molar-refractivity contribution in [3.8, 4) is 17.6 Å². The monoisotopic (exact) mass is 384 g/mol. The Labute approximate surface area is 159 Å². The summed E-state index contributed by atoms with van der Waals surface area (Å²) in [6.07, 6.45) is 2.32. The zero-order chi connectivity index (χ0) is 18.9. The summed E-state index contributed by atoms with van der Waals surface area (Å²) in [4.78, 5) is 0.0637. The van der Waals surface area contributed by atoms with E-state index in [1.54, 1.807) is 12.1 Å². The number of hydrogen-bond acceptors (Lipinski definition) is 5. The van der Waals surface area contributed by atoms with Crippen LogP contribution in [0.2, 0.25) is 0 Å². The lowest BCUT2D eigenvalue weighted by atomic mass is 10.0. The molecule has 1 atom stereocenters. The predicted molar refractivity (Wildman–Crippen MR) is 99.1 cm³/mol. The fraction of sp³-hybridized carbons (Fsp3) is 0.350. The topological polar surface area (TPSA) is 79.6 Å². The van der Waals surface area contributed by atoms with E-state index < -0.39 is 10.0 Å². The number of rotatable bonds is 3. The molecule has 1 fully saturated rings. The number of nitriles is 1. The highest BCUT2D eigenvalue weighted by Crippen LogP contribution is 2.40. The molecule has 2 aromatic carbocycles. The second kappa shape index (κ2) is 7.22. The minimum Gasteiger partial charge on any atom is -0.490 e. The number of sulfonamides is 1. The quantitative estimate of drug-likeness (QED) is 0.812. The summed E-state index contributed by atoms with van der Waals surface area (Å²) in [6, 6.07) is 13.7. The predicted octanol–water partition coefficient (Wildman–Crippen LogP) is 3.25. The Kier molecular flexibility index (Phi) is 4.77. The maximum absolute atomic E-state index is 13.3. The molecule has 140 valence electrons. The van der Waals surface area contributed by atoms with Crippen LogP contribution in [0, 0.1) is 11.3 Å². The third kappa shape index (κ3) is 3.27. The van der Waals surface area contributed by atoms with Gasteiger partial charge in [0.25, 0.3) is 0 Å². The number of nitrogens with zero attached hydrogens (tertiary/aromatic N) is 2. The summed E-state index contributed by atoms with van der Waals surface area (Å²) in [6.45, 7) is 1.63. The molecule has 0 aromatic heterocycles. The van der Waals surface area contributed by atoms with Crippen molar-refractivity contribution in [2.75, 3.05) is 19.8 Å². The van der Waals surface area contributed by atoms with Gasteiger partial charge in [-0.05, 0) is 42.7 Å². The molecule has 2 aliphatic rings. The zero-order valence-corrected chi connectivity index (χ0v) is 15.6. The molecule has 0 amide bonds. The van der Waals surface area contributed by atoms with Gasteiger partial charge in [-0.25, -0.2) is 8.42 Å². The molecule has 0 spiro atoms. The average molecular weight is 384 g/mol. The minimum absolute atomic E-state index is 0.0637. The molecule has 2 aliphatic heterocycles. The molecule has 6 nitrogen and oxygen atoms in total. The highest BCUT2D eigenvalue weighted by molar-refractivity contribution is 7.89. The van der Waals surface area contributed by atoms with Gasteiger partial charge in [-0.3, -0.25) is 0 Å². The molecule has 0 aliphatic carbocycles. The van der Waals surface area contributed by atoms with Crippen molar-refractivity contribution in [1.29, 1.82) is 5.26 Å². The van der Waals surface area contributed by atoms with Gasteiger partial charge in [0.2, 0.25) is 10.0 Å². The van der Waals surface area contributed by atoms with Crippen LogP contribution in [-0.2, 0) is 10.0 Å². The molecule has 27 heavy (non-hydrogen) atoms. The molecule has 0 saturated carbocycles. The first-order valence-electron chi connectivity index (χ1n) is 9.02. The van der Waals surface area contributed by atoms with E-state index in [4.69, 9.17) is 9.47 Å². The molecular formula is C20H20N2O4S. The molecule has 4 rings (SSSR count). The van der Waals surface area contributed by atoms with Gasteiger partial charge in [-0.15, -0.1) is 0 Å². The minimum atomic E-state index is -3.77. The van der Waals surface area contributed by atoms with Gasteiger partial charge >= 0.3 is 0 Å². The van der Waals surface area contributed by atoms with Crippen molar-refractivity contribution in [2.24, 2.45) is 0 Å². The van der Waals surface area contributed by atoms with Crippen molar-refractivity contribution in [2.45, 2.75) is 30.2 Å². The van der Waals surface area contributed by atoms with Gasteiger partial charge in [0, 0.05) is 13.0 Å². The largest absolute Gasteiger partial charge is 0.490 e. The Morgan fingerprint density at radius 2 is 1.81 bits per heavy atom. The summed E-state index contributed by atoms with van der Waals surface area (Å²) in [5.41, 5.74) is 1.05. The molecular weight excluding hydrogens is 364 g/mol. The van der Waals surface area contributed by atoms with E-state index in [-0.39, 0.29) is 16.5 Å². The highest BCUT2D eigenvalue weighted by Gasteiger charge is 2.37. The first kappa shape index (κ1) is 17.8. The van der Waals surface area contributed by atoms with Crippen LogP contribution in [0.1, 0.15) is 36.4 Å². The van der Waals surface area contributed by atoms with Crippen LogP contribution in [0.25, 0.3) is 0 Å². The van der Waals surface area contributed by atoms with E-state index in [0.29, 0.717) is 31.3 Å². The van der Waals surface area contributed by atoms with Crippen LogP contribution >= 0.6 is 0 Å². The van der Waals surface area contributed by atoms with Gasteiger partial charge in [-0.1, -0.05) is 18.2 Å². The summed E-state index contributed by atoms with van der Waals surface area (Å²) in [5, 5.41) is 9.30. The van der Waals surface area contributed by atoms with Crippen LogP contribution in [-0.4, -0.2) is 32.5 Å². The van der Waals surface area contributed by atoms with E-state index in [2.05, 4.69) is 0 Å². The van der Waals surface area contributed by atoms with E-state index in [1.807, 2.05) is 24.3 Å². The molecule has 1 saturated heterocycles. The smallest absolute Gasteiger partial charge is 0.244 e. The number of benzene rings is 2. The van der Waals surface area contributed by atoms with E-state index in [0.717, 1.165) is 24.8 Å². The van der Waals surface area contributed by atoms with Crippen molar-refractivity contribution < 1.29 is 17.9 Å². The Morgan fingerprint density at radius 3 is 2.63 bits per heavy atom. The maximum atomic E-state index is 13.3. The van der Waals surface area contributed by atoms with Gasteiger partial charge in [0.05, 0.1) is 29.7 Å². The molecule has 0 unspecified atom stereocenters. The third-order valence-electron chi connectivity index (χ3n) is 4.95. The zero-order valence-electron chi connectivity index (χ0n) is 14.8. The van der Waals surface area contributed by atoms with Crippen LogP contribution < -0.4 is 9.47 Å². The average Bonchev–Trinajstić information content (AvgIpc) is 3.08. The first-order valence-corrected chi connectivity index (χ1v) is 10.5. The lowest BCUT2D eigenvalue weighted by Gasteiger charge is -2.25. The standard InChI is InChI=1S/C20H20N2O4S/c21-14-16-5-1-2-7-20(16)27(23,24)22-10-3-6-17(22)15-8-9-18-19(13-15)26-12-4-11-25-18/h1-2,5,7-9,13,17H,3-4,6,10-12H2/t17-/m0/s1. The molecule has 7 heteroatoms. The maximum Gasteiger partial charge on any atom is 0.244 e. The van der Waals surface area contributed by atoms with Gasteiger partial charge in [0.1, 0.15) is 6.07 Å². The number of hydrogen-bond donors (Lipinski definition) is 0.